The lowest BCUT2D eigenvalue weighted by Crippen LogP contribution is -1.89. The van der Waals surface area contributed by atoms with Crippen LogP contribution in [0.25, 0.3) is 21.7 Å². The molecule has 0 spiro atoms. The SMILES string of the molecule is COc1nccc2sc(Cc3nnc(-c4ccc(Cl)cc4)o3)nc12. The second-order valence-electron chi connectivity index (χ2n) is 4.96. The van der Waals surface area contributed by atoms with Gasteiger partial charge in [-0.05, 0) is 30.3 Å². The summed E-state index contributed by atoms with van der Waals surface area (Å²) < 4.78 is 12.0. The number of hydrogen-bond acceptors (Lipinski definition) is 7. The predicted octanol–water partition coefficient (Wildman–Crippen LogP) is 3.99. The highest BCUT2D eigenvalue weighted by atomic mass is 35.5. The molecule has 3 aromatic heterocycles. The molecule has 0 amide bonds. The van der Waals surface area contributed by atoms with Crippen LogP contribution in [0.5, 0.6) is 5.88 Å². The monoisotopic (exact) mass is 358 g/mol. The van der Waals surface area contributed by atoms with Gasteiger partial charge in [-0.25, -0.2) is 9.97 Å². The zero-order chi connectivity index (χ0) is 16.5. The number of nitrogens with zero attached hydrogens (tertiary/aromatic N) is 4. The van der Waals surface area contributed by atoms with Crippen molar-refractivity contribution < 1.29 is 9.15 Å². The van der Waals surface area contributed by atoms with Crippen LogP contribution in [0.15, 0.2) is 40.9 Å². The average molecular weight is 359 g/mol. The maximum Gasteiger partial charge on any atom is 0.247 e. The summed E-state index contributed by atoms with van der Waals surface area (Å²) in [4.78, 5) is 8.71. The fraction of sp³-hybridized carbons (Fsp3) is 0.125. The summed E-state index contributed by atoms with van der Waals surface area (Å²) in [5.74, 6) is 1.48. The number of ether oxygens (including phenoxy) is 1. The molecular formula is C16H11ClN4O2S. The highest BCUT2D eigenvalue weighted by Gasteiger charge is 2.14. The van der Waals surface area contributed by atoms with Gasteiger partial charge in [-0.1, -0.05) is 11.6 Å². The van der Waals surface area contributed by atoms with Gasteiger partial charge < -0.3 is 9.15 Å². The van der Waals surface area contributed by atoms with E-state index in [0.717, 1.165) is 20.8 Å². The van der Waals surface area contributed by atoms with Gasteiger partial charge in [-0.3, -0.25) is 0 Å². The fourth-order valence-corrected chi connectivity index (χ4v) is 3.34. The van der Waals surface area contributed by atoms with Gasteiger partial charge in [0.1, 0.15) is 10.5 Å². The van der Waals surface area contributed by atoms with Crippen molar-refractivity contribution in [3.63, 3.8) is 0 Å². The molecule has 0 atom stereocenters. The molecule has 0 radical (unpaired) electrons. The molecule has 0 aliphatic heterocycles. The van der Waals surface area contributed by atoms with Gasteiger partial charge in [0.05, 0.1) is 18.2 Å². The van der Waals surface area contributed by atoms with Crippen LogP contribution in [0.3, 0.4) is 0 Å². The quantitative estimate of drug-likeness (QED) is 0.549. The molecule has 4 aromatic rings. The number of halogens is 1. The first-order valence-corrected chi connectivity index (χ1v) is 8.29. The molecule has 0 saturated carbocycles. The minimum atomic E-state index is 0.460. The van der Waals surface area contributed by atoms with E-state index in [1.165, 1.54) is 0 Å². The van der Waals surface area contributed by atoms with Gasteiger partial charge in [-0.2, -0.15) is 0 Å². The van der Waals surface area contributed by atoms with Crippen molar-refractivity contribution in [3.05, 3.63) is 52.4 Å². The molecule has 0 bridgehead atoms. The average Bonchev–Trinajstić information content (AvgIpc) is 3.22. The molecule has 4 rings (SSSR count). The van der Waals surface area contributed by atoms with E-state index >= 15 is 0 Å². The van der Waals surface area contributed by atoms with Gasteiger partial charge in [0.2, 0.25) is 17.7 Å². The predicted molar refractivity (Wildman–Crippen MR) is 91.5 cm³/mol. The first kappa shape index (κ1) is 15.0. The number of methoxy groups -OCH3 is 1. The third-order valence-electron chi connectivity index (χ3n) is 3.37. The van der Waals surface area contributed by atoms with Crippen molar-refractivity contribution >= 4 is 33.2 Å². The Morgan fingerprint density at radius 3 is 2.79 bits per heavy atom. The van der Waals surface area contributed by atoms with Crippen LogP contribution in [0.4, 0.5) is 0 Å². The molecule has 8 heteroatoms. The number of pyridine rings is 1. The number of fused-ring (bicyclic) bond motifs is 1. The Kier molecular flexibility index (Phi) is 3.87. The molecule has 0 fully saturated rings. The van der Waals surface area contributed by atoms with Gasteiger partial charge >= 0.3 is 0 Å². The van der Waals surface area contributed by atoms with Gasteiger partial charge in [0, 0.05) is 16.8 Å². The van der Waals surface area contributed by atoms with Gasteiger partial charge in [0.25, 0.3) is 0 Å². The third kappa shape index (κ3) is 2.83. The van der Waals surface area contributed by atoms with Crippen molar-refractivity contribution in [2.45, 2.75) is 6.42 Å². The first-order valence-electron chi connectivity index (χ1n) is 7.09. The molecule has 120 valence electrons. The zero-order valence-corrected chi connectivity index (χ0v) is 14.1. The van der Waals surface area contributed by atoms with Gasteiger partial charge in [-0.15, -0.1) is 21.5 Å². The molecule has 24 heavy (non-hydrogen) atoms. The Bertz CT molecular complexity index is 997. The van der Waals surface area contributed by atoms with E-state index in [1.54, 1.807) is 36.8 Å². The second-order valence-corrected chi connectivity index (χ2v) is 6.51. The largest absolute Gasteiger partial charge is 0.479 e. The van der Waals surface area contributed by atoms with E-state index in [2.05, 4.69) is 20.2 Å². The highest BCUT2D eigenvalue weighted by Crippen LogP contribution is 2.29. The number of hydrogen-bond donors (Lipinski definition) is 0. The molecule has 6 nitrogen and oxygen atoms in total. The summed E-state index contributed by atoms with van der Waals surface area (Å²) in [6, 6.07) is 9.16. The summed E-state index contributed by atoms with van der Waals surface area (Å²) in [5.41, 5.74) is 1.57. The Morgan fingerprint density at radius 1 is 1.17 bits per heavy atom. The smallest absolute Gasteiger partial charge is 0.247 e. The van der Waals surface area contributed by atoms with E-state index in [1.807, 2.05) is 18.2 Å². The number of benzene rings is 1. The van der Waals surface area contributed by atoms with Crippen LogP contribution < -0.4 is 4.74 Å². The third-order valence-corrected chi connectivity index (χ3v) is 4.64. The summed E-state index contributed by atoms with van der Waals surface area (Å²) in [6.45, 7) is 0. The lowest BCUT2D eigenvalue weighted by molar-refractivity contribution is 0.402. The van der Waals surface area contributed by atoms with Crippen LogP contribution in [-0.4, -0.2) is 27.3 Å². The van der Waals surface area contributed by atoms with Crippen LogP contribution in [0, 0.1) is 0 Å². The summed E-state index contributed by atoms with van der Waals surface area (Å²) in [5, 5.41) is 9.70. The minimum absolute atomic E-state index is 0.460. The standard InChI is InChI=1S/C16H11ClN4O2S/c1-22-16-14-11(6-7-18-16)24-13(19-14)8-12-20-21-15(23-12)9-2-4-10(17)5-3-9/h2-7H,8H2,1H3. The summed E-state index contributed by atoms with van der Waals surface area (Å²) in [6.07, 6.45) is 2.16. The summed E-state index contributed by atoms with van der Waals surface area (Å²) >= 11 is 7.44. The topological polar surface area (TPSA) is 73.9 Å². The van der Waals surface area contributed by atoms with E-state index in [0.29, 0.717) is 29.1 Å². The molecule has 0 aliphatic rings. The van der Waals surface area contributed by atoms with Crippen molar-refractivity contribution in [1.29, 1.82) is 0 Å². The number of thiazole rings is 1. The Morgan fingerprint density at radius 2 is 2.00 bits per heavy atom. The van der Waals surface area contributed by atoms with Crippen molar-refractivity contribution in [2.24, 2.45) is 0 Å². The zero-order valence-electron chi connectivity index (χ0n) is 12.6. The fourth-order valence-electron chi connectivity index (χ4n) is 2.27. The maximum absolute atomic E-state index is 5.89. The molecule has 0 aliphatic carbocycles. The maximum atomic E-state index is 5.89. The Labute approximate surface area is 146 Å². The molecular weight excluding hydrogens is 348 g/mol. The van der Waals surface area contributed by atoms with Crippen LogP contribution in [0.2, 0.25) is 5.02 Å². The Hall–Kier alpha value is -2.51. The van der Waals surface area contributed by atoms with Crippen LogP contribution in [0.1, 0.15) is 10.9 Å². The number of rotatable bonds is 4. The molecule has 3 heterocycles. The normalized spacial score (nSPS) is 11.1. The minimum Gasteiger partial charge on any atom is -0.479 e. The van der Waals surface area contributed by atoms with Crippen molar-refractivity contribution in [3.8, 4) is 17.3 Å². The van der Waals surface area contributed by atoms with Crippen LogP contribution in [-0.2, 0) is 6.42 Å². The van der Waals surface area contributed by atoms with Crippen molar-refractivity contribution in [2.75, 3.05) is 7.11 Å². The van der Waals surface area contributed by atoms with E-state index in [-0.39, 0.29) is 0 Å². The Balaban J connectivity index is 1.61. The van der Waals surface area contributed by atoms with Gasteiger partial charge in [0.15, 0.2) is 0 Å². The van der Waals surface area contributed by atoms with E-state index < -0.39 is 0 Å². The van der Waals surface area contributed by atoms with E-state index in [4.69, 9.17) is 20.8 Å². The lowest BCUT2D eigenvalue weighted by Gasteiger charge is -1.96. The first-order chi connectivity index (χ1) is 11.7. The summed E-state index contributed by atoms with van der Waals surface area (Å²) in [7, 11) is 1.58. The lowest BCUT2D eigenvalue weighted by atomic mass is 10.2. The highest BCUT2D eigenvalue weighted by molar-refractivity contribution is 7.18. The number of aromatic nitrogens is 4. The molecule has 0 saturated heterocycles. The van der Waals surface area contributed by atoms with E-state index in [9.17, 15) is 0 Å². The molecule has 0 N–H and O–H groups in total. The van der Waals surface area contributed by atoms with Crippen molar-refractivity contribution in [1.82, 2.24) is 20.2 Å². The molecule has 0 unspecified atom stereocenters. The second kappa shape index (κ2) is 6.18. The van der Waals surface area contributed by atoms with Crippen LogP contribution >= 0.6 is 22.9 Å². The molecule has 1 aromatic carbocycles.